The molecule has 1 heterocycles. The molecular weight excluding hydrogens is 185 g/mol. The molecule has 1 atom stereocenters. The predicted octanol–water partition coefficient (Wildman–Crippen LogP) is 1.56. The zero-order valence-corrected chi connectivity index (χ0v) is 8.54. The molecule has 0 spiro atoms. The summed E-state index contributed by atoms with van der Waals surface area (Å²) in [7, 11) is 1.50. The molecule has 1 rings (SSSR count). The molecule has 0 aliphatic carbocycles. The van der Waals surface area contributed by atoms with Crippen LogP contribution < -0.4 is 10.1 Å². The Morgan fingerprint density at radius 3 is 2.86 bits per heavy atom. The van der Waals surface area contributed by atoms with Gasteiger partial charge < -0.3 is 10.1 Å². The third-order valence-electron chi connectivity index (χ3n) is 1.64. The molecule has 1 aromatic heterocycles. The Morgan fingerprint density at radius 1 is 1.57 bits per heavy atom. The molecule has 4 nitrogen and oxygen atoms in total. The number of hydrogen-bond donors (Lipinski definition) is 1. The van der Waals surface area contributed by atoms with E-state index >= 15 is 0 Å². The Hall–Kier alpha value is -1.39. The maximum Gasteiger partial charge on any atom is 0.318 e. The third kappa shape index (κ3) is 2.83. The molecule has 1 aromatic rings. The highest BCUT2D eigenvalue weighted by molar-refractivity contribution is 5.37. The first-order valence-electron chi connectivity index (χ1n) is 4.38. The summed E-state index contributed by atoms with van der Waals surface area (Å²) in [6.45, 7) is 3.13. The van der Waals surface area contributed by atoms with Crippen LogP contribution >= 0.6 is 0 Å². The van der Waals surface area contributed by atoms with Crippen LogP contribution in [0.2, 0.25) is 0 Å². The van der Waals surface area contributed by atoms with Crippen molar-refractivity contribution < 1.29 is 9.13 Å². The van der Waals surface area contributed by atoms with Crippen LogP contribution in [0.5, 0.6) is 6.01 Å². The fourth-order valence-electron chi connectivity index (χ4n) is 0.998. The standard InChI is InChI=1S/C9H14FN3O/c1-6-4-8(11-7(2)5-10)13-9(12-6)14-3/h4,7H,5H2,1-3H3,(H,11,12,13). The Kier molecular flexibility index (Phi) is 3.62. The van der Waals surface area contributed by atoms with Crippen LogP contribution in [0.3, 0.4) is 0 Å². The van der Waals surface area contributed by atoms with Crippen molar-refractivity contribution in [1.82, 2.24) is 9.97 Å². The van der Waals surface area contributed by atoms with Crippen molar-refractivity contribution in [2.45, 2.75) is 19.9 Å². The van der Waals surface area contributed by atoms with E-state index in [0.717, 1.165) is 5.69 Å². The lowest BCUT2D eigenvalue weighted by molar-refractivity contribution is 0.379. The van der Waals surface area contributed by atoms with Gasteiger partial charge in [0.2, 0.25) is 0 Å². The van der Waals surface area contributed by atoms with Gasteiger partial charge in [0.05, 0.1) is 13.2 Å². The lowest BCUT2D eigenvalue weighted by atomic mass is 10.3. The first kappa shape index (κ1) is 10.7. The number of halogens is 1. The predicted molar refractivity (Wildman–Crippen MR) is 52.4 cm³/mol. The van der Waals surface area contributed by atoms with Crippen molar-refractivity contribution in [2.75, 3.05) is 19.1 Å². The molecule has 0 saturated carbocycles. The van der Waals surface area contributed by atoms with Gasteiger partial charge in [-0.2, -0.15) is 4.98 Å². The van der Waals surface area contributed by atoms with E-state index in [1.807, 2.05) is 6.92 Å². The monoisotopic (exact) mass is 199 g/mol. The fraction of sp³-hybridized carbons (Fsp3) is 0.556. The van der Waals surface area contributed by atoms with Gasteiger partial charge >= 0.3 is 6.01 Å². The smallest absolute Gasteiger partial charge is 0.318 e. The van der Waals surface area contributed by atoms with Crippen LogP contribution in [0.15, 0.2) is 6.07 Å². The molecule has 0 fully saturated rings. The van der Waals surface area contributed by atoms with Crippen LogP contribution in [-0.2, 0) is 0 Å². The first-order chi connectivity index (χ1) is 6.65. The van der Waals surface area contributed by atoms with Crippen molar-refractivity contribution in [3.8, 4) is 6.01 Å². The molecule has 0 aliphatic heterocycles. The van der Waals surface area contributed by atoms with Crippen LogP contribution in [0, 0.1) is 6.92 Å². The van der Waals surface area contributed by atoms with E-state index in [-0.39, 0.29) is 6.04 Å². The summed E-state index contributed by atoms with van der Waals surface area (Å²) in [6, 6.07) is 1.78. The third-order valence-corrected chi connectivity index (χ3v) is 1.64. The molecule has 0 amide bonds. The highest BCUT2D eigenvalue weighted by Crippen LogP contribution is 2.11. The van der Waals surface area contributed by atoms with Crippen molar-refractivity contribution >= 4 is 5.82 Å². The normalized spacial score (nSPS) is 12.3. The maximum atomic E-state index is 12.2. The quantitative estimate of drug-likeness (QED) is 0.799. The first-order valence-corrected chi connectivity index (χ1v) is 4.38. The molecule has 0 radical (unpaired) electrons. The zero-order chi connectivity index (χ0) is 10.6. The average molecular weight is 199 g/mol. The summed E-state index contributed by atoms with van der Waals surface area (Å²) in [5.74, 6) is 0.583. The van der Waals surface area contributed by atoms with E-state index in [2.05, 4.69) is 15.3 Å². The van der Waals surface area contributed by atoms with Crippen molar-refractivity contribution in [3.05, 3.63) is 11.8 Å². The number of aryl methyl sites for hydroxylation is 1. The van der Waals surface area contributed by atoms with Crippen molar-refractivity contribution in [2.24, 2.45) is 0 Å². The zero-order valence-electron chi connectivity index (χ0n) is 8.54. The Labute approximate surface area is 82.5 Å². The van der Waals surface area contributed by atoms with Crippen LogP contribution in [-0.4, -0.2) is 29.8 Å². The summed E-state index contributed by atoms with van der Waals surface area (Å²) in [5, 5.41) is 2.90. The highest BCUT2D eigenvalue weighted by atomic mass is 19.1. The second kappa shape index (κ2) is 4.74. The molecule has 0 aliphatic rings. The number of alkyl halides is 1. The molecule has 1 N–H and O–H groups in total. The summed E-state index contributed by atoms with van der Waals surface area (Å²) in [6.07, 6.45) is 0. The Morgan fingerprint density at radius 2 is 2.29 bits per heavy atom. The van der Waals surface area contributed by atoms with Crippen molar-refractivity contribution in [1.29, 1.82) is 0 Å². The molecule has 5 heteroatoms. The summed E-state index contributed by atoms with van der Waals surface area (Å²) in [4.78, 5) is 8.05. The summed E-state index contributed by atoms with van der Waals surface area (Å²) in [5.41, 5.74) is 0.783. The second-order valence-corrected chi connectivity index (χ2v) is 3.08. The van der Waals surface area contributed by atoms with Gasteiger partial charge in [-0.15, -0.1) is 0 Å². The van der Waals surface area contributed by atoms with E-state index < -0.39 is 6.67 Å². The lowest BCUT2D eigenvalue weighted by Crippen LogP contribution is -2.18. The number of ether oxygens (including phenoxy) is 1. The number of nitrogens with zero attached hydrogens (tertiary/aromatic N) is 2. The van der Waals surface area contributed by atoms with E-state index in [0.29, 0.717) is 11.8 Å². The second-order valence-electron chi connectivity index (χ2n) is 3.08. The molecule has 1 unspecified atom stereocenters. The highest BCUT2D eigenvalue weighted by Gasteiger charge is 2.05. The number of hydrogen-bond acceptors (Lipinski definition) is 4. The SMILES string of the molecule is COc1nc(C)cc(NC(C)CF)n1. The van der Waals surface area contributed by atoms with Gasteiger partial charge in [-0.3, -0.25) is 0 Å². The molecule has 0 aromatic carbocycles. The minimum Gasteiger partial charge on any atom is -0.467 e. The maximum absolute atomic E-state index is 12.2. The van der Waals surface area contributed by atoms with Gasteiger partial charge in [0.1, 0.15) is 12.5 Å². The van der Waals surface area contributed by atoms with Crippen LogP contribution in [0.25, 0.3) is 0 Å². The minimum absolute atomic E-state index is 0.256. The van der Waals surface area contributed by atoms with Gasteiger partial charge in [0, 0.05) is 11.8 Å². The van der Waals surface area contributed by atoms with Crippen LogP contribution in [0.4, 0.5) is 10.2 Å². The molecule has 0 saturated heterocycles. The van der Waals surface area contributed by atoms with E-state index in [1.54, 1.807) is 13.0 Å². The summed E-state index contributed by atoms with van der Waals surface area (Å²) < 4.78 is 17.1. The molecule has 0 bridgehead atoms. The minimum atomic E-state index is -0.439. The fourth-order valence-corrected chi connectivity index (χ4v) is 0.998. The van der Waals surface area contributed by atoms with E-state index in [1.165, 1.54) is 7.11 Å². The lowest BCUT2D eigenvalue weighted by Gasteiger charge is -2.11. The topological polar surface area (TPSA) is 47.0 Å². The number of methoxy groups -OCH3 is 1. The number of anilines is 1. The van der Waals surface area contributed by atoms with Gasteiger partial charge in [0.25, 0.3) is 0 Å². The Bertz CT molecular complexity index is 306. The molecule has 78 valence electrons. The van der Waals surface area contributed by atoms with Crippen molar-refractivity contribution in [3.63, 3.8) is 0 Å². The van der Waals surface area contributed by atoms with Gasteiger partial charge in [-0.25, -0.2) is 9.37 Å². The largest absolute Gasteiger partial charge is 0.467 e. The van der Waals surface area contributed by atoms with Gasteiger partial charge in [0.15, 0.2) is 0 Å². The Balaban J connectivity index is 2.81. The van der Waals surface area contributed by atoms with Gasteiger partial charge in [-0.1, -0.05) is 0 Å². The number of rotatable bonds is 4. The number of aromatic nitrogens is 2. The van der Waals surface area contributed by atoms with E-state index in [9.17, 15) is 4.39 Å². The molecular formula is C9H14FN3O. The number of nitrogens with one attached hydrogen (secondary N) is 1. The summed E-state index contributed by atoms with van der Waals surface area (Å²) >= 11 is 0. The average Bonchev–Trinajstić information content (AvgIpc) is 2.16. The van der Waals surface area contributed by atoms with E-state index in [4.69, 9.17) is 4.74 Å². The van der Waals surface area contributed by atoms with Gasteiger partial charge in [-0.05, 0) is 13.8 Å². The van der Waals surface area contributed by atoms with Crippen LogP contribution in [0.1, 0.15) is 12.6 Å². The molecule has 14 heavy (non-hydrogen) atoms.